The highest BCUT2D eigenvalue weighted by atomic mass is 16.5. The van der Waals surface area contributed by atoms with E-state index in [1.165, 1.54) is 0 Å². The summed E-state index contributed by atoms with van der Waals surface area (Å²) >= 11 is 0. The Labute approximate surface area is 236 Å². The fourth-order valence-electron chi connectivity index (χ4n) is 4.89. The molecule has 0 spiro atoms. The molecule has 1 aromatic heterocycles. The third-order valence-corrected chi connectivity index (χ3v) is 6.96. The van der Waals surface area contributed by atoms with Crippen molar-refractivity contribution in [1.82, 2.24) is 4.98 Å². The van der Waals surface area contributed by atoms with Gasteiger partial charge < -0.3 is 28.5 Å². The van der Waals surface area contributed by atoms with E-state index < -0.39 is 5.97 Å². The first-order valence-electron chi connectivity index (χ1n) is 14.1. The fraction of sp³-hybridized carbons (Fsp3) is 0.500. The van der Waals surface area contributed by atoms with Crippen LogP contribution < -0.4 is 9.47 Å². The molecule has 216 valence electrons. The van der Waals surface area contributed by atoms with Crippen molar-refractivity contribution in [2.75, 3.05) is 19.8 Å². The maximum atomic E-state index is 11.8. The lowest BCUT2D eigenvalue weighted by molar-refractivity contribution is -0.0556. The van der Waals surface area contributed by atoms with Gasteiger partial charge >= 0.3 is 5.97 Å². The zero-order chi connectivity index (χ0) is 28.6. The number of carboxylic acids is 1. The molecule has 8 heteroatoms. The van der Waals surface area contributed by atoms with Gasteiger partial charge in [-0.15, -0.1) is 0 Å². The van der Waals surface area contributed by atoms with E-state index in [1.807, 2.05) is 32.0 Å². The predicted molar refractivity (Wildman–Crippen MR) is 152 cm³/mol. The van der Waals surface area contributed by atoms with Crippen molar-refractivity contribution in [3.05, 3.63) is 64.5 Å². The average molecular weight is 552 g/mol. The van der Waals surface area contributed by atoms with Crippen LogP contribution in [0.2, 0.25) is 0 Å². The molecule has 1 aliphatic rings. The van der Waals surface area contributed by atoms with Crippen molar-refractivity contribution in [2.24, 2.45) is 5.92 Å². The smallest absolute Gasteiger partial charge is 0.339 e. The number of ether oxygens (including phenoxy) is 4. The summed E-state index contributed by atoms with van der Waals surface area (Å²) in [6, 6.07) is 11.5. The second-order valence-corrected chi connectivity index (χ2v) is 11.0. The summed E-state index contributed by atoms with van der Waals surface area (Å²) in [7, 11) is 0. The standard InChI is InChI=1S/C32H41NO7/c1-20(2)18-38-27-15-22(4)30(32(34)35)29(17-27)37-13-12-36-25-10-7-11-26(16-25)39-19-28-23(5)40-31(33-28)24-9-6-8-21(3)14-24/h6,8-9,14-15,17,20,25-26H,7,10-13,16,18-19H2,1-5H3,(H,34,35)/t25-,26+/m1/s1. The van der Waals surface area contributed by atoms with Gasteiger partial charge in [0.1, 0.15) is 35.1 Å². The molecule has 1 fully saturated rings. The van der Waals surface area contributed by atoms with Gasteiger partial charge in [0.15, 0.2) is 0 Å². The molecule has 1 heterocycles. The number of hydrogen-bond acceptors (Lipinski definition) is 7. The summed E-state index contributed by atoms with van der Waals surface area (Å²) in [6.07, 6.45) is 3.87. The Morgan fingerprint density at radius 3 is 2.55 bits per heavy atom. The summed E-state index contributed by atoms with van der Waals surface area (Å²) in [5.74, 6) is 1.62. The fourth-order valence-corrected chi connectivity index (χ4v) is 4.89. The van der Waals surface area contributed by atoms with Crippen molar-refractivity contribution in [3.8, 4) is 23.0 Å². The molecule has 0 aliphatic heterocycles. The molecule has 3 aromatic rings. The zero-order valence-electron chi connectivity index (χ0n) is 24.2. The van der Waals surface area contributed by atoms with Crippen LogP contribution in [0.15, 0.2) is 40.8 Å². The summed E-state index contributed by atoms with van der Waals surface area (Å²) < 4.78 is 29.9. The minimum atomic E-state index is -1.02. The van der Waals surface area contributed by atoms with E-state index in [4.69, 9.17) is 23.4 Å². The Balaban J connectivity index is 1.26. The van der Waals surface area contributed by atoms with Crippen LogP contribution in [0.5, 0.6) is 11.5 Å². The van der Waals surface area contributed by atoms with E-state index in [1.54, 1.807) is 19.1 Å². The molecule has 8 nitrogen and oxygen atoms in total. The van der Waals surface area contributed by atoms with Crippen LogP contribution in [0.25, 0.3) is 11.5 Å². The van der Waals surface area contributed by atoms with E-state index in [0.717, 1.165) is 48.3 Å². The quantitative estimate of drug-likeness (QED) is 0.228. The second kappa shape index (κ2) is 13.8. The Hall–Kier alpha value is -3.36. The number of aromatic carboxylic acids is 1. The molecule has 1 N–H and O–H groups in total. The van der Waals surface area contributed by atoms with E-state index in [2.05, 4.69) is 24.9 Å². The van der Waals surface area contributed by atoms with Gasteiger partial charge in [0.05, 0.1) is 32.0 Å². The minimum Gasteiger partial charge on any atom is -0.493 e. The van der Waals surface area contributed by atoms with Crippen LogP contribution in [0.1, 0.15) is 72.5 Å². The van der Waals surface area contributed by atoms with E-state index in [9.17, 15) is 9.90 Å². The van der Waals surface area contributed by atoms with Gasteiger partial charge in [0.25, 0.3) is 0 Å². The van der Waals surface area contributed by atoms with Gasteiger partial charge in [0, 0.05) is 11.6 Å². The number of aromatic nitrogens is 1. The lowest BCUT2D eigenvalue weighted by Crippen LogP contribution is -2.29. The SMILES string of the molecule is Cc1cccc(-c2nc(CO[C@H]3CCC[C@@H](OCCOc4cc(OCC(C)C)cc(C)c4C(=O)O)C3)c(C)o2)c1. The van der Waals surface area contributed by atoms with Crippen LogP contribution >= 0.6 is 0 Å². The average Bonchev–Trinajstić information content (AvgIpc) is 3.29. The Bertz CT molecular complexity index is 1280. The Morgan fingerprint density at radius 2 is 1.82 bits per heavy atom. The summed E-state index contributed by atoms with van der Waals surface area (Å²) in [4.78, 5) is 16.5. The number of rotatable bonds is 13. The maximum Gasteiger partial charge on any atom is 0.339 e. The maximum absolute atomic E-state index is 11.8. The molecule has 0 unspecified atom stereocenters. The van der Waals surface area contributed by atoms with Crippen LogP contribution in [0.4, 0.5) is 0 Å². The molecule has 40 heavy (non-hydrogen) atoms. The predicted octanol–water partition coefficient (Wildman–Crippen LogP) is 6.92. The zero-order valence-corrected chi connectivity index (χ0v) is 24.2. The summed E-state index contributed by atoms with van der Waals surface area (Å²) in [5, 5.41) is 9.69. The molecule has 0 radical (unpaired) electrons. The molecule has 1 aliphatic carbocycles. The van der Waals surface area contributed by atoms with Crippen molar-refractivity contribution < 1.29 is 33.3 Å². The molecule has 0 bridgehead atoms. The van der Waals surface area contributed by atoms with E-state index in [-0.39, 0.29) is 24.4 Å². The second-order valence-electron chi connectivity index (χ2n) is 11.0. The number of benzene rings is 2. The normalized spacial score (nSPS) is 17.2. The van der Waals surface area contributed by atoms with Gasteiger partial charge in [-0.25, -0.2) is 9.78 Å². The van der Waals surface area contributed by atoms with Crippen LogP contribution in [0.3, 0.4) is 0 Å². The van der Waals surface area contributed by atoms with Gasteiger partial charge in [0.2, 0.25) is 5.89 Å². The molecular formula is C32H41NO7. The molecule has 0 saturated heterocycles. The number of carboxylic acid groups (broad SMARTS) is 1. The molecular weight excluding hydrogens is 510 g/mol. The number of carbonyl (C=O) groups is 1. The minimum absolute atomic E-state index is 0.0602. The first kappa shape index (κ1) is 29.6. The van der Waals surface area contributed by atoms with Gasteiger partial charge in [-0.1, -0.05) is 31.5 Å². The Kier molecular flexibility index (Phi) is 10.2. The number of aryl methyl sites for hydroxylation is 3. The highest BCUT2D eigenvalue weighted by molar-refractivity contribution is 5.93. The first-order chi connectivity index (χ1) is 19.2. The lowest BCUT2D eigenvalue weighted by atomic mass is 9.95. The number of hydrogen-bond donors (Lipinski definition) is 1. The molecule has 1 saturated carbocycles. The third kappa shape index (κ3) is 8.08. The number of nitrogens with zero attached hydrogens (tertiary/aromatic N) is 1. The Morgan fingerprint density at radius 1 is 1.05 bits per heavy atom. The van der Waals surface area contributed by atoms with Crippen LogP contribution in [-0.4, -0.2) is 48.1 Å². The van der Waals surface area contributed by atoms with Gasteiger partial charge in [-0.2, -0.15) is 0 Å². The van der Waals surface area contributed by atoms with E-state index >= 15 is 0 Å². The van der Waals surface area contributed by atoms with Crippen molar-refractivity contribution in [1.29, 1.82) is 0 Å². The van der Waals surface area contributed by atoms with Crippen molar-refractivity contribution in [2.45, 2.75) is 79.1 Å². The van der Waals surface area contributed by atoms with Crippen LogP contribution in [0, 0.1) is 26.7 Å². The monoisotopic (exact) mass is 551 g/mol. The van der Waals surface area contributed by atoms with Gasteiger partial charge in [-0.05, 0) is 76.1 Å². The summed E-state index contributed by atoms with van der Waals surface area (Å²) in [5.41, 5.74) is 3.69. The van der Waals surface area contributed by atoms with E-state index in [0.29, 0.717) is 48.7 Å². The largest absolute Gasteiger partial charge is 0.493 e. The lowest BCUT2D eigenvalue weighted by Gasteiger charge is -2.29. The van der Waals surface area contributed by atoms with Crippen molar-refractivity contribution in [3.63, 3.8) is 0 Å². The summed E-state index contributed by atoms with van der Waals surface area (Å²) in [6.45, 7) is 11.4. The third-order valence-electron chi connectivity index (χ3n) is 6.96. The highest BCUT2D eigenvalue weighted by Crippen LogP contribution is 2.30. The number of oxazole rings is 1. The van der Waals surface area contributed by atoms with Gasteiger partial charge in [-0.3, -0.25) is 0 Å². The molecule has 4 rings (SSSR count). The first-order valence-corrected chi connectivity index (χ1v) is 14.1. The highest BCUT2D eigenvalue weighted by Gasteiger charge is 2.24. The van der Waals surface area contributed by atoms with Crippen LogP contribution in [-0.2, 0) is 16.1 Å². The molecule has 2 atom stereocenters. The molecule has 0 amide bonds. The topological polar surface area (TPSA) is 100 Å². The molecule has 2 aromatic carbocycles. The van der Waals surface area contributed by atoms with Crippen molar-refractivity contribution >= 4 is 5.97 Å².